The number of aryl methyl sites for hydroxylation is 1. The first-order valence-electron chi connectivity index (χ1n) is 18.3. The van der Waals surface area contributed by atoms with Crippen LogP contribution in [0.15, 0.2) is 61.2 Å². The smallest absolute Gasteiger partial charge is 0.259 e. The normalized spacial score (nSPS) is 23.6. The Kier molecular flexibility index (Phi) is 10.5. The van der Waals surface area contributed by atoms with E-state index in [1.54, 1.807) is 40.0 Å². The van der Waals surface area contributed by atoms with Crippen LogP contribution in [0, 0.1) is 18.3 Å². The van der Waals surface area contributed by atoms with E-state index in [1.165, 1.54) is 11.0 Å². The number of amides is 3. The Labute approximate surface area is 316 Å². The van der Waals surface area contributed by atoms with Crippen LogP contribution in [-0.2, 0) is 30.8 Å². The van der Waals surface area contributed by atoms with E-state index in [9.17, 15) is 27.9 Å². The Balaban J connectivity index is 1.26. The van der Waals surface area contributed by atoms with Crippen molar-refractivity contribution in [2.24, 2.45) is 11.3 Å². The molecule has 0 radical (unpaired) electrons. The third-order valence-corrected chi connectivity index (χ3v) is 13.0. The minimum atomic E-state index is -4.13. The van der Waals surface area contributed by atoms with Gasteiger partial charge in [0.15, 0.2) is 0 Å². The zero-order valence-corrected chi connectivity index (χ0v) is 32.5. The zero-order chi connectivity index (χ0) is 39.2. The molecule has 3 aromatic rings. The predicted octanol–water partition coefficient (Wildman–Crippen LogP) is 3.99. The molecule has 14 heteroatoms. The molecule has 2 heterocycles. The molecule has 0 bridgehead atoms. The molecule has 1 aliphatic heterocycles. The minimum absolute atomic E-state index is 0.0201. The zero-order valence-electron chi connectivity index (χ0n) is 31.7. The van der Waals surface area contributed by atoms with Crippen molar-refractivity contribution in [3.63, 3.8) is 0 Å². The van der Waals surface area contributed by atoms with Crippen LogP contribution in [0.1, 0.15) is 64.5 Å². The lowest BCUT2D eigenvalue weighted by atomic mass is 9.88. The fourth-order valence-corrected chi connectivity index (χ4v) is 8.92. The number of sulfonamides is 1. The molecule has 1 aromatic heterocycles. The maximum atomic E-state index is 14.3. The molecule has 6 rings (SSSR count). The van der Waals surface area contributed by atoms with E-state index in [2.05, 4.69) is 21.6 Å². The van der Waals surface area contributed by atoms with Crippen LogP contribution in [0.25, 0.3) is 10.9 Å². The van der Waals surface area contributed by atoms with Crippen molar-refractivity contribution in [2.75, 3.05) is 20.3 Å². The summed E-state index contributed by atoms with van der Waals surface area (Å²) in [5, 5.41) is 14.6. The van der Waals surface area contributed by atoms with E-state index in [4.69, 9.17) is 14.2 Å². The summed E-state index contributed by atoms with van der Waals surface area (Å²) >= 11 is 0. The maximum Gasteiger partial charge on any atom is 0.259 e. The summed E-state index contributed by atoms with van der Waals surface area (Å²) in [5.74, 6) is -1.36. The first-order valence-corrected chi connectivity index (χ1v) is 19.8. The van der Waals surface area contributed by atoms with Gasteiger partial charge in [0.2, 0.25) is 21.8 Å². The third kappa shape index (κ3) is 7.37. The quantitative estimate of drug-likeness (QED) is 0.204. The highest BCUT2D eigenvalue weighted by molar-refractivity contribution is 7.91. The van der Waals surface area contributed by atoms with Crippen molar-refractivity contribution in [2.45, 2.75) is 95.3 Å². The SMILES string of the molecule is C=C[C@@H]1C[C@]1(NC(=O)[C@H]1C[C@@H](Oc2cc(OCC)nc3c(C)c(OC)ccc23)CN1C(=O)[C@@H](O)C(C)(C)C)C(=O)NS(=O)(=O)C1(Cc2ccccc2)CC1. The van der Waals surface area contributed by atoms with Crippen LogP contribution in [-0.4, -0.2) is 89.9 Å². The molecule has 5 atom stereocenters. The van der Waals surface area contributed by atoms with Gasteiger partial charge in [-0.05, 0) is 62.6 Å². The van der Waals surface area contributed by atoms with E-state index in [0.717, 1.165) is 11.1 Å². The van der Waals surface area contributed by atoms with Crippen molar-refractivity contribution in [3.05, 3.63) is 72.3 Å². The molecule has 2 aromatic carbocycles. The monoisotopic (exact) mass is 762 g/mol. The fraction of sp³-hybridized carbons (Fsp3) is 0.500. The largest absolute Gasteiger partial charge is 0.496 e. The molecule has 0 spiro atoms. The summed E-state index contributed by atoms with van der Waals surface area (Å²) < 4.78 is 46.3. The van der Waals surface area contributed by atoms with Crippen LogP contribution < -0.4 is 24.2 Å². The summed E-state index contributed by atoms with van der Waals surface area (Å²) in [5.41, 5.74) is -0.220. The average molecular weight is 763 g/mol. The topological polar surface area (TPSA) is 173 Å². The molecular formula is C40H50N4O9S. The highest BCUT2D eigenvalue weighted by Gasteiger charge is 2.63. The van der Waals surface area contributed by atoms with Crippen LogP contribution in [0.2, 0.25) is 0 Å². The first-order chi connectivity index (χ1) is 25.5. The number of aliphatic hydroxyl groups is 1. The second-order valence-corrected chi connectivity index (χ2v) is 17.8. The number of aromatic nitrogens is 1. The number of methoxy groups -OCH3 is 1. The number of likely N-dealkylation sites (tertiary alicyclic amines) is 1. The predicted molar refractivity (Wildman–Crippen MR) is 203 cm³/mol. The molecule has 54 heavy (non-hydrogen) atoms. The molecule has 2 aliphatic carbocycles. The highest BCUT2D eigenvalue weighted by atomic mass is 32.2. The average Bonchev–Trinajstić information content (AvgIpc) is 4.03. The third-order valence-electron chi connectivity index (χ3n) is 10.9. The summed E-state index contributed by atoms with van der Waals surface area (Å²) in [6, 6.07) is 13.3. The van der Waals surface area contributed by atoms with Gasteiger partial charge in [-0.3, -0.25) is 19.1 Å². The van der Waals surface area contributed by atoms with E-state index in [1.807, 2.05) is 50.2 Å². The molecule has 13 nitrogen and oxygen atoms in total. The van der Waals surface area contributed by atoms with Crippen molar-refractivity contribution in [1.82, 2.24) is 19.9 Å². The van der Waals surface area contributed by atoms with Gasteiger partial charge >= 0.3 is 0 Å². The summed E-state index contributed by atoms with van der Waals surface area (Å²) in [7, 11) is -2.56. The Hall–Kier alpha value is -4.69. The van der Waals surface area contributed by atoms with Gasteiger partial charge in [-0.15, -0.1) is 6.58 Å². The highest BCUT2D eigenvalue weighted by Crippen LogP contribution is 2.48. The van der Waals surface area contributed by atoms with Crippen LogP contribution in [0.4, 0.5) is 0 Å². The van der Waals surface area contributed by atoms with Gasteiger partial charge in [0.05, 0.1) is 30.5 Å². The standard InChI is InChI=1S/C40H50N4O9S/c1-8-26-22-40(26,37(48)43-54(49,50)39(17-18-39)21-25-13-11-10-12-14-25)42-35(46)29-19-27(23-44(29)36(47)34(45)38(4,5)6)53-31-20-32(52-9-2)41-33-24(3)30(51-7)16-15-28(31)33/h8,10-16,20,26-27,29,34,45H,1,9,17-19,21-23H2,2-7H3,(H,42,46)(H,43,48)/t26-,27-,29-,34-,40-/m1/s1. The number of pyridine rings is 1. The van der Waals surface area contributed by atoms with Gasteiger partial charge in [-0.2, -0.15) is 0 Å². The first kappa shape index (κ1) is 39.0. The number of carbonyl (C=O) groups is 3. The number of hydrogen-bond acceptors (Lipinski definition) is 10. The van der Waals surface area contributed by atoms with Gasteiger partial charge in [0.1, 0.15) is 35.3 Å². The van der Waals surface area contributed by atoms with Gasteiger partial charge < -0.3 is 29.5 Å². The Bertz CT molecular complexity index is 2060. The van der Waals surface area contributed by atoms with Gasteiger partial charge in [-0.1, -0.05) is 57.2 Å². The molecule has 3 N–H and O–H groups in total. The van der Waals surface area contributed by atoms with E-state index in [0.29, 0.717) is 47.7 Å². The van der Waals surface area contributed by atoms with Crippen molar-refractivity contribution < 1.29 is 42.1 Å². The molecule has 2 saturated carbocycles. The Morgan fingerprint density at radius 3 is 2.43 bits per heavy atom. The minimum Gasteiger partial charge on any atom is -0.496 e. The van der Waals surface area contributed by atoms with E-state index in [-0.39, 0.29) is 25.8 Å². The number of hydrogen-bond donors (Lipinski definition) is 3. The van der Waals surface area contributed by atoms with Crippen LogP contribution >= 0.6 is 0 Å². The van der Waals surface area contributed by atoms with Crippen LogP contribution in [0.3, 0.4) is 0 Å². The van der Waals surface area contributed by atoms with Gasteiger partial charge in [-0.25, -0.2) is 13.4 Å². The fourth-order valence-electron chi connectivity index (χ4n) is 7.29. The number of carbonyl (C=O) groups excluding carboxylic acids is 3. The van der Waals surface area contributed by atoms with Crippen LogP contribution in [0.5, 0.6) is 17.4 Å². The van der Waals surface area contributed by atoms with Gasteiger partial charge in [0.25, 0.3) is 11.8 Å². The molecule has 290 valence electrons. The summed E-state index contributed by atoms with van der Waals surface area (Å²) in [4.78, 5) is 48.0. The number of nitrogens with one attached hydrogen (secondary N) is 2. The number of aliphatic hydroxyl groups excluding tert-OH is 1. The lowest BCUT2D eigenvalue weighted by Crippen LogP contribution is -2.58. The van der Waals surface area contributed by atoms with E-state index >= 15 is 0 Å². The molecule has 3 fully saturated rings. The second-order valence-electron chi connectivity index (χ2n) is 15.7. The number of rotatable bonds is 14. The molecule has 3 amide bonds. The summed E-state index contributed by atoms with van der Waals surface area (Å²) in [6.07, 6.45) is 0.553. The molecule has 0 unspecified atom stereocenters. The lowest BCUT2D eigenvalue weighted by Gasteiger charge is -2.32. The van der Waals surface area contributed by atoms with Crippen molar-refractivity contribution in [3.8, 4) is 17.4 Å². The summed E-state index contributed by atoms with van der Waals surface area (Å²) in [6.45, 7) is 13.0. The number of fused-ring (bicyclic) bond motifs is 1. The second kappa shape index (κ2) is 14.5. The maximum absolute atomic E-state index is 14.3. The molecule has 1 saturated heterocycles. The van der Waals surface area contributed by atoms with Crippen molar-refractivity contribution in [1.29, 1.82) is 0 Å². The van der Waals surface area contributed by atoms with E-state index < -0.39 is 67.6 Å². The Morgan fingerprint density at radius 1 is 1.13 bits per heavy atom. The lowest BCUT2D eigenvalue weighted by molar-refractivity contribution is -0.150. The number of benzene rings is 2. The van der Waals surface area contributed by atoms with Gasteiger partial charge in [0, 0.05) is 29.4 Å². The number of ether oxygens (including phenoxy) is 3. The molecular weight excluding hydrogens is 713 g/mol. The molecule has 3 aliphatic rings. The number of nitrogens with zero attached hydrogens (tertiary/aromatic N) is 2. The van der Waals surface area contributed by atoms with Crippen molar-refractivity contribution >= 4 is 38.6 Å². The Morgan fingerprint density at radius 2 is 1.83 bits per heavy atom.